The van der Waals surface area contributed by atoms with Crippen LogP contribution in [0.25, 0.3) is 11.3 Å². The Balaban J connectivity index is 1.76. The summed E-state index contributed by atoms with van der Waals surface area (Å²) in [6, 6.07) is 12.6. The van der Waals surface area contributed by atoms with Crippen LogP contribution in [0.4, 0.5) is 5.69 Å². The normalized spacial score (nSPS) is 10.3. The van der Waals surface area contributed by atoms with Crippen molar-refractivity contribution < 1.29 is 19.2 Å². The molecule has 0 saturated heterocycles. The van der Waals surface area contributed by atoms with E-state index < -0.39 is 10.9 Å². The van der Waals surface area contributed by atoms with Gasteiger partial charge in [-0.2, -0.15) is 10.3 Å². The number of hydrogen-bond acceptors (Lipinski definition) is 7. The molecule has 26 heavy (non-hydrogen) atoms. The Kier molecular flexibility index (Phi) is 4.88. The van der Waals surface area contributed by atoms with Crippen LogP contribution in [0.5, 0.6) is 11.5 Å². The van der Waals surface area contributed by atoms with E-state index in [0.29, 0.717) is 22.8 Å². The summed E-state index contributed by atoms with van der Waals surface area (Å²) in [4.78, 5) is 22.0. The summed E-state index contributed by atoms with van der Waals surface area (Å²) >= 11 is 0. The second kappa shape index (κ2) is 7.43. The number of esters is 1. The van der Waals surface area contributed by atoms with Crippen LogP contribution in [0, 0.1) is 10.1 Å². The summed E-state index contributed by atoms with van der Waals surface area (Å²) in [6.45, 7) is 1.95. The van der Waals surface area contributed by atoms with Gasteiger partial charge in [-0.25, -0.2) is 4.79 Å². The lowest BCUT2D eigenvalue weighted by Gasteiger charge is -2.06. The minimum atomic E-state index is -0.553. The van der Waals surface area contributed by atoms with Crippen molar-refractivity contribution in [2.75, 3.05) is 6.61 Å². The Morgan fingerprint density at radius 2 is 1.69 bits per heavy atom. The van der Waals surface area contributed by atoms with E-state index in [0.717, 1.165) is 0 Å². The molecule has 3 aromatic rings. The fourth-order valence-electron chi connectivity index (χ4n) is 2.23. The highest BCUT2D eigenvalue weighted by molar-refractivity contribution is 5.93. The van der Waals surface area contributed by atoms with Crippen molar-refractivity contribution in [2.45, 2.75) is 6.92 Å². The topological polar surface area (TPSA) is 120 Å². The summed E-state index contributed by atoms with van der Waals surface area (Å²) in [7, 11) is 0. The van der Waals surface area contributed by atoms with Gasteiger partial charge in [0, 0.05) is 17.7 Å². The van der Waals surface area contributed by atoms with Gasteiger partial charge in [0.15, 0.2) is 5.69 Å². The van der Waals surface area contributed by atoms with Crippen molar-refractivity contribution in [2.24, 2.45) is 0 Å². The molecule has 0 spiro atoms. The number of ether oxygens (including phenoxy) is 2. The Morgan fingerprint density at radius 1 is 1.08 bits per heavy atom. The highest BCUT2D eigenvalue weighted by Gasteiger charge is 2.19. The van der Waals surface area contributed by atoms with Gasteiger partial charge in [-0.1, -0.05) is 0 Å². The highest BCUT2D eigenvalue weighted by atomic mass is 16.6. The third-order valence-corrected chi connectivity index (χ3v) is 3.43. The van der Waals surface area contributed by atoms with E-state index in [1.807, 2.05) is 0 Å². The molecule has 0 atom stereocenters. The van der Waals surface area contributed by atoms with Gasteiger partial charge >= 0.3 is 5.97 Å². The standard InChI is InChI=1S/C17H14N4O5/c1-2-25-17(22)16-15(18-20-19-16)11-3-7-13(8-4-11)26-14-9-5-12(6-10-14)21(23)24/h3-10H,2H2,1H3,(H,18,19,20). The van der Waals surface area contributed by atoms with Crippen molar-refractivity contribution in [1.82, 2.24) is 15.4 Å². The summed E-state index contributed by atoms with van der Waals surface area (Å²) in [5.74, 6) is 0.447. The number of rotatable bonds is 6. The predicted molar refractivity (Wildman–Crippen MR) is 90.9 cm³/mol. The fourth-order valence-corrected chi connectivity index (χ4v) is 2.23. The SMILES string of the molecule is CCOC(=O)c1n[nH]nc1-c1ccc(Oc2ccc([N+](=O)[O-])cc2)cc1. The number of non-ortho nitro benzene ring substituents is 1. The average Bonchev–Trinajstić information content (AvgIpc) is 3.13. The number of carbonyl (C=O) groups is 1. The Bertz CT molecular complexity index is 919. The lowest BCUT2D eigenvalue weighted by atomic mass is 10.1. The number of nitro groups is 1. The average molecular weight is 354 g/mol. The summed E-state index contributed by atoms with van der Waals surface area (Å²) in [5.41, 5.74) is 1.14. The zero-order chi connectivity index (χ0) is 18.5. The molecule has 0 aliphatic rings. The van der Waals surface area contributed by atoms with Crippen molar-refractivity contribution in [3.8, 4) is 22.8 Å². The molecule has 0 radical (unpaired) electrons. The van der Waals surface area contributed by atoms with E-state index in [-0.39, 0.29) is 18.0 Å². The molecule has 1 aromatic heterocycles. The van der Waals surface area contributed by atoms with E-state index in [9.17, 15) is 14.9 Å². The van der Waals surface area contributed by atoms with Crippen LogP contribution in [-0.4, -0.2) is 32.9 Å². The second-order valence-electron chi connectivity index (χ2n) is 5.12. The Labute approximate surface area is 147 Å². The van der Waals surface area contributed by atoms with Crippen LogP contribution < -0.4 is 4.74 Å². The van der Waals surface area contributed by atoms with Gasteiger partial charge in [-0.05, 0) is 43.3 Å². The number of nitro benzene ring substituents is 1. The molecule has 1 heterocycles. The number of nitrogens with zero attached hydrogens (tertiary/aromatic N) is 3. The molecular weight excluding hydrogens is 340 g/mol. The lowest BCUT2D eigenvalue weighted by molar-refractivity contribution is -0.384. The van der Waals surface area contributed by atoms with Crippen molar-refractivity contribution >= 4 is 11.7 Å². The zero-order valence-electron chi connectivity index (χ0n) is 13.7. The lowest BCUT2D eigenvalue weighted by Crippen LogP contribution is -2.06. The molecule has 0 aliphatic carbocycles. The predicted octanol–water partition coefficient (Wildman–Crippen LogP) is 3.35. The molecule has 1 N–H and O–H groups in total. The molecule has 9 heteroatoms. The second-order valence-corrected chi connectivity index (χ2v) is 5.12. The summed E-state index contributed by atoms with van der Waals surface area (Å²) in [6.07, 6.45) is 0. The van der Waals surface area contributed by atoms with E-state index in [1.165, 1.54) is 24.3 Å². The molecule has 0 saturated carbocycles. The molecule has 132 valence electrons. The molecule has 0 amide bonds. The monoisotopic (exact) mass is 354 g/mol. The first-order chi connectivity index (χ1) is 12.6. The number of hydrogen-bond donors (Lipinski definition) is 1. The number of carbonyl (C=O) groups excluding carboxylic acids is 1. The van der Waals surface area contributed by atoms with Crippen LogP contribution in [-0.2, 0) is 4.74 Å². The van der Waals surface area contributed by atoms with Gasteiger partial charge in [-0.3, -0.25) is 10.1 Å². The molecule has 0 fully saturated rings. The zero-order valence-corrected chi connectivity index (χ0v) is 13.7. The van der Waals surface area contributed by atoms with Crippen LogP contribution in [0.3, 0.4) is 0 Å². The number of H-pyrrole nitrogens is 1. The highest BCUT2D eigenvalue weighted by Crippen LogP contribution is 2.27. The van der Waals surface area contributed by atoms with E-state index in [2.05, 4.69) is 15.4 Å². The fraction of sp³-hybridized carbons (Fsp3) is 0.118. The first kappa shape index (κ1) is 17.1. The summed E-state index contributed by atoms with van der Waals surface area (Å²) in [5, 5.41) is 20.9. The Morgan fingerprint density at radius 3 is 2.27 bits per heavy atom. The van der Waals surface area contributed by atoms with E-state index >= 15 is 0 Å². The molecule has 0 aliphatic heterocycles. The van der Waals surface area contributed by atoms with Crippen LogP contribution >= 0.6 is 0 Å². The van der Waals surface area contributed by atoms with Crippen molar-refractivity contribution in [3.05, 3.63) is 64.3 Å². The number of aromatic amines is 1. The molecule has 3 rings (SSSR count). The van der Waals surface area contributed by atoms with Crippen LogP contribution in [0.1, 0.15) is 17.4 Å². The van der Waals surface area contributed by atoms with Gasteiger partial charge < -0.3 is 9.47 Å². The largest absolute Gasteiger partial charge is 0.461 e. The molecule has 2 aromatic carbocycles. The van der Waals surface area contributed by atoms with Crippen molar-refractivity contribution in [1.29, 1.82) is 0 Å². The first-order valence-electron chi connectivity index (χ1n) is 7.69. The number of benzene rings is 2. The van der Waals surface area contributed by atoms with Crippen molar-refractivity contribution in [3.63, 3.8) is 0 Å². The number of aromatic nitrogens is 3. The van der Waals surface area contributed by atoms with Gasteiger partial charge in [0.1, 0.15) is 17.2 Å². The van der Waals surface area contributed by atoms with Gasteiger partial charge in [-0.15, -0.1) is 5.10 Å². The first-order valence-corrected chi connectivity index (χ1v) is 7.69. The minimum Gasteiger partial charge on any atom is -0.461 e. The van der Waals surface area contributed by atoms with E-state index in [1.54, 1.807) is 31.2 Å². The maximum Gasteiger partial charge on any atom is 0.361 e. The minimum absolute atomic E-state index is 0.00905. The quantitative estimate of drug-likeness (QED) is 0.409. The maximum atomic E-state index is 11.9. The summed E-state index contributed by atoms with van der Waals surface area (Å²) < 4.78 is 10.6. The van der Waals surface area contributed by atoms with Gasteiger partial charge in [0.05, 0.1) is 11.5 Å². The molecule has 0 unspecified atom stereocenters. The maximum absolute atomic E-state index is 11.9. The smallest absolute Gasteiger partial charge is 0.361 e. The third kappa shape index (κ3) is 3.66. The number of nitrogens with one attached hydrogen (secondary N) is 1. The van der Waals surface area contributed by atoms with E-state index in [4.69, 9.17) is 9.47 Å². The molecule has 0 bridgehead atoms. The molecule has 9 nitrogen and oxygen atoms in total. The van der Waals surface area contributed by atoms with Crippen LogP contribution in [0.15, 0.2) is 48.5 Å². The molecular formula is C17H14N4O5. The van der Waals surface area contributed by atoms with Gasteiger partial charge in [0.25, 0.3) is 5.69 Å². The third-order valence-electron chi connectivity index (χ3n) is 3.43. The van der Waals surface area contributed by atoms with Gasteiger partial charge in [0.2, 0.25) is 0 Å². The van der Waals surface area contributed by atoms with Crippen LogP contribution in [0.2, 0.25) is 0 Å². The Hall–Kier alpha value is -3.75.